The smallest absolute Gasteiger partial charge is 0.352 e. The SMILES string of the molecule is O=C(NCc1ccc(C(F)(F)F)cc1)C1CCNC1. The van der Waals surface area contributed by atoms with E-state index in [2.05, 4.69) is 10.6 Å². The van der Waals surface area contributed by atoms with Gasteiger partial charge in [0.25, 0.3) is 0 Å². The van der Waals surface area contributed by atoms with Crippen LogP contribution in [0.3, 0.4) is 0 Å². The molecule has 0 aromatic heterocycles. The van der Waals surface area contributed by atoms with Crippen molar-refractivity contribution < 1.29 is 18.0 Å². The molecule has 3 nitrogen and oxygen atoms in total. The minimum Gasteiger partial charge on any atom is -0.352 e. The standard InChI is InChI=1S/C13H15F3N2O/c14-13(15,16)11-3-1-9(2-4-11)7-18-12(19)10-5-6-17-8-10/h1-4,10,17H,5-8H2,(H,18,19). The van der Waals surface area contributed by atoms with E-state index < -0.39 is 11.7 Å². The van der Waals surface area contributed by atoms with Gasteiger partial charge in [0.2, 0.25) is 5.91 Å². The minimum atomic E-state index is -4.32. The molecule has 1 unspecified atom stereocenters. The molecule has 6 heteroatoms. The number of rotatable bonds is 3. The van der Waals surface area contributed by atoms with Crippen molar-refractivity contribution in [1.82, 2.24) is 10.6 Å². The first-order chi connectivity index (χ1) is 8.97. The van der Waals surface area contributed by atoms with Gasteiger partial charge in [-0.3, -0.25) is 4.79 Å². The van der Waals surface area contributed by atoms with Crippen LogP contribution in [0.2, 0.25) is 0 Å². The summed E-state index contributed by atoms with van der Waals surface area (Å²) < 4.78 is 37.1. The Hall–Kier alpha value is -1.56. The molecule has 2 rings (SSSR count). The fraction of sp³-hybridized carbons (Fsp3) is 0.462. The Morgan fingerprint density at radius 2 is 2.00 bits per heavy atom. The third-order valence-electron chi connectivity index (χ3n) is 3.18. The number of hydrogen-bond acceptors (Lipinski definition) is 2. The summed E-state index contributed by atoms with van der Waals surface area (Å²) in [5.41, 5.74) is -0.0186. The summed E-state index contributed by atoms with van der Waals surface area (Å²) in [5, 5.41) is 5.83. The Balaban J connectivity index is 1.87. The third kappa shape index (κ3) is 3.70. The lowest BCUT2D eigenvalue weighted by atomic mass is 10.1. The predicted molar refractivity (Wildman–Crippen MR) is 64.3 cm³/mol. The quantitative estimate of drug-likeness (QED) is 0.882. The molecular formula is C13H15F3N2O. The Morgan fingerprint density at radius 1 is 1.32 bits per heavy atom. The van der Waals surface area contributed by atoms with Crippen LogP contribution in [0.15, 0.2) is 24.3 Å². The molecule has 0 bridgehead atoms. The molecule has 1 aromatic rings. The van der Waals surface area contributed by atoms with Gasteiger partial charge in [-0.2, -0.15) is 13.2 Å². The normalized spacial score (nSPS) is 19.4. The van der Waals surface area contributed by atoms with Gasteiger partial charge in [0, 0.05) is 13.1 Å². The first kappa shape index (κ1) is 13.9. The first-order valence-electron chi connectivity index (χ1n) is 6.11. The van der Waals surface area contributed by atoms with Crippen molar-refractivity contribution in [2.75, 3.05) is 13.1 Å². The van der Waals surface area contributed by atoms with E-state index in [0.717, 1.165) is 25.1 Å². The Labute approximate surface area is 109 Å². The van der Waals surface area contributed by atoms with Crippen LogP contribution in [-0.4, -0.2) is 19.0 Å². The van der Waals surface area contributed by atoms with E-state index in [1.165, 1.54) is 12.1 Å². The molecule has 1 amide bonds. The fourth-order valence-corrected chi connectivity index (χ4v) is 2.02. The zero-order valence-electron chi connectivity index (χ0n) is 10.3. The maximum absolute atomic E-state index is 12.4. The molecule has 0 aliphatic carbocycles. The van der Waals surface area contributed by atoms with Gasteiger partial charge in [-0.1, -0.05) is 12.1 Å². The maximum atomic E-state index is 12.4. The number of halogens is 3. The molecule has 19 heavy (non-hydrogen) atoms. The van der Waals surface area contributed by atoms with Crippen LogP contribution in [0.25, 0.3) is 0 Å². The molecule has 1 fully saturated rings. The second-order valence-corrected chi connectivity index (χ2v) is 4.60. The fourth-order valence-electron chi connectivity index (χ4n) is 2.02. The highest BCUT2D eigenvalue weighted by Gasteiger charge is 2.30. The zero-order chi connectivity index (χ0) is 13.9. The van der Waals surface area contributed by atoms with Gasteiger partial charge < -0.3 is 10.6 Å². The lowest BCUT2D eigenvalue weighted by molar-refractivity contribution is -0.137. The molecule has 0 radical (unpaired) electrons. The number of carbonyl (C=O) groups excluding carboxylic acids is 1. The topological polar surface area (TPSA) is 41.1 Å². The lowest BCUT2D eigenvalue weighted by Crippen LogP contribution is -2.31. The van der Waals surface area contributed by atoms with Crippen molar-refractivity contribution >= 4 is 5.91 Å². The number of carbonyl (C=O) groups is 1. The van der Waals surface area contributed by atoms with Crippen molar-refractivity contribution in [2.45, 2.75) is 19.1 Å². The van der Waals surface area contributed by atoms with E-state index in [4.69, 9.17) is 0 Å². The van der Waals surface area contributed by atoms with Crippen molar-refractivity contribution in [3.63, 3.8) is 0 Å². The number of amides is 1. The van der Waals surface area contributed by atoms with Crippen LogP contribution in [0, 0.1) is 5.92 Å². The van der Waals surface area contributed by atoms with Gasteiger partial charge in [0.05, 0.1) is 11.5 Å². The van der Waals surface area contributed by atoms with E-state index in [1.54, 1.807) is 0 Å². The Morgan fingerprint density at radius 3 is 2.53 bits per heavy atom. The van der Waals surface area contributed by atoms with Crippen LogP contribution >= 0.6 is 0 Å². The predicted octanol–water partition coefficient (Wildman–Crippen LogP) is 1.93. The van der Waals surface area contributed by atoms with Gasteiger partial charge >= 0.3 is 6.18 Å². The van der Waals surface area contributed by atoms with Gasteiger partial charge in [0.15, 0.2) is 0 Å². The number of nitrogens with one attached hydrogen (secondary N) is 2. The third-order valence-corrected chi connectivity index (χ3v) is 3.18. The van der Waals surface area contributed by atoms with Gasteiger partial charge in [-0.05, 0) is 30.7 Å². The first-order valence-corrected chi connectivity index (χ1v) is 6.11. The van der Waals surface area contributed by atoms with E-state index in [0.29, 0.717) is 12.1 Å². The largest absolute Gasteiger partial charge is 0.416 e. The minimum absolute atomic E-state index is 0.0329. The molecule has 104 valence electrons. The highest BCUT2D eigenvalue weighted by Crippen LogP contribution is 2.29. The van der Waals surface area contributed by atoms with Crippen LogP contribution in [0.1, 0.15) is 17.5 Å². The van der Waals surface area contributed by atoms with E-state index in [9.17, 15) is 18.0 Å². The molecule has 1 heterocycles. The molecule has 0 spiro atoms. The van der Waals surface area contributed by atoms with Crippen molar-refractivity contribution in [1.29, 1.82) is 0 Å². The van der Waals surface area contributed by atoms with Gasteiger partial charge in [0.1, 0.15) is 0 Å². The highest BCUT2D eigenvalue weighted by atomic mass is 19.4. The molecule has 1 aliphatic heterocycles. The average Bonchev–Trinajstić information content (AvgIpc) is 2.89. The number of benzene rings is 1. The summed E-state index contributed by atoms with van der Waals surface area (Å²) in [6, 6.07) is 4.82. The van der Waals surface area contributed by atoms with Crippen molar-refractivity contribution in [2.24, 2.45) is 5.92 Å². The van der Waals surface area contributed by atoms with Crippen LogP contribution in [-0.2, 0) is 17.5 Å². The number of hydrogen-bond donors (Lipinski definition) is 2. The van der Waals surface area contributed by atoms with Gasteiger partial charge in [-0.25, -0.2) is 0 Å². The van der Waals surface area contributed by atoms with E-state index in [-0.39, 0.29) is 18.4 Å². The van der Waals surface area contributed by atoms with Gasteiger partial charge in [-0.15, -0.1) is 0 Å². The second kappa shape index (κ2) is 5.61. The van der Waals surface area contributed by atoms with E-state index in [1.807, 2.05) is 0 Å². The lowest BCUT2D eigenvalue weighted by Gasteiger charge is -2.11. The average molecular weight is 272 g/mol. The molecule has 1 aromatic carbocycles. The molecular weight excluding hydrogens is 257 g/mol. The molecule has 1 atom stereocenters. The monoisotopic (exact) mass is 272 g/mol. The summed E-state index contributed by atoms with van der Waals surface area (Å²) >= 11 is 0. The van der Waals surface area contributed by atoms with Crippen molar-refractivity contribution in [3.8, 4) is 0 Å². The van der Waals surface area contributed by atoms with Crippen LogP contribution in [0.4, 0.5) is 13.2 Å². The number of alkyl halides is 3. The molecule has 0 saturated carbocycles. The Kier molecular flexibility index (Phi) is 4.09. The Bertz CT molecular complexity index is 436. The summed E-state index contributed by atoms with van der Waals surface area (Å²) in [6.45, 7) is 1.75. The van der Waals surface area contributed by atoms with Crippen LogP contribution < -0.4 is 10.6 Å². The maximum Gasteiger partial charge on any atom is 0.416 e. The molecule has 1 aliphatic rings. The zero-order valence-corrected chi connectivity index (χ0v) is 10.3. The molecule has 1 saturated heterocycles. The van der Waals surface area contributed by atoms with Crippen molar-refractivity contribution in [3.05, 3.63) is 35.4 Å². The second-order valence-electron chi connectivity index (χ2n) is 4.60. The van der Waals surface area contributed by atoms with Crippen LogP contribution in [0.5, 0.6) is 0 Å². The van der Waals surface area contributed by atoms with E-state index >= 15 is 0 Å². The summed E-state index contributed by atoms with van der Waals surface area (Å²) in [4.78, 5) is 11.7. The molecule has 2 N–H and O–H groups in total. The highest BCUT2D eigenvalue weighted by molar-refractivity contribution is 5.79. The summed E-state index contributed by atoms with van der Waals surface area (Å²) in [5.74, 6) is -0.0839. The summed E-state index contributed by atoms with van der Waals surface area (Å²) in [7, 11) is 0. The summed E-state index contributed by atoms with van der Waals surface area (Å²) in [6.07, 6.45) is -3.52.